The van der Waals surface area contributed by atoms with E-state index >= 15 is 0 Å². The highest BCUT2D eigenvalue weighted by Gasteiger charge is 2.33. The van der Waals surface area contributed by atoms with E-state index in [0.29, 0.717) is 30.8 Å². The first-order valence-corrected chi connectivity index (χ1v) is 7.21. The van der Waals surface area contributed by atoms with Crippen LogP contribution in [0.15, 0.2) is 18.2 Å². The maximum atomic E-state index is 11.5. The molecule has 0 saturated heterocycles. The van der Waals surface area contributed by atoms with Gasteiger partial charge in [-0.15, -0.1) is 0 Å². The summed E-state index contributed by atoms with van der Waals surface area (Å²) in [6, 6.07) is 5.53. The first-order chi connectivity index (χ1) is 9.56. The number of ether oxygens (including phenoxy) is 1. The number of nitrogens with zero attached hydrogens (tertiary/aromatic N) is 1. The van der Waals surface area contributed by atoms with Crippen LogP contribution >= 0.6 is 11.6 Å². The smallest absolute Gasteiger partial charge is 0.339 e. The third-order valence-electron chi connectivity index (χ3n) is 3.85. The maximum Gasteiger partial charge on any atom is 0.339 e. The summed E-state index contributed by atoms with van der Waals surface area (Å²) in [6.07, 6.45) is 2.40. The second kappa shape index (κ2) is 6.46. The fourth-order valence-electron chi connectivity index (χ4n) is 2.53. The van der Waals surface area contributed by atoms with Crippen molar-refractivity contribution in [2.45, 2.75) is 25.8 Å². The van der Waals surface area contributed by atoms with Crippen molar-refractivity contribution in [3.8, 4) is 0 Å². The molecule has 0 spiro atoms. The minimum atomic E-state index is -0.990. The van der Waals surface area contributed by atoms with Gasteiger partial charge in [-0.05, 0) is 37.8 Å². The lowest BCUT2D eigenvalue weighted by atomic mass is 10.1. The van der Waals surface area contributed by atoms with Crippen molar-refractivity contribution in [3.05, 3.63) is 28.8 Å². The lowest BCUT2D eigenvalue weighted by molar-refractivity contribution is 0.0697. The summed E-state index contributed by atoms with van der Waals surface area (Å²) < 4.78 is 5.15. The summed E-state index contributed by atoms with van der Waals surface area (Å²) in [7, 11) is 1.65. The van der Waals surface area contributed by atoms with E-state index in [2.05, 4.69) is 11.8 Å². The van der Waals surface area contributed by atoms with Crippen molar-refractivity contribution >= 4 is 23.3 Å². The molecule has 0 heterocycles. The van der Waals surface area contributed by atoms with Gasteiger partial charge in [0.15, 0.2) is 0 Å². The molecule has 1 aromatic carbocycles. The van der Waals surface area contributed by atoms with Crippen molar-refractivity contribution in [2.75, 3.05) is 25.2 Å². The topological polar surface area (TPSA) is 49.8 Å². The van der Waals surface area contributed by atoms with E-state index in [4.69, 9.17) is 16.3 Å². The van der Waals surface area contributed by atoms with Crippen LogP contribution in [0.4, 0.5) is 5.69 Å². The molecule has 5 heteroatoms. The Morgan fingerprint density at radius 1 is 1.55 bits per heavy atom. The van der Waals surface area contributed by atoms with Gasteiger partial charge in [0.2, 0.25) is 0 Å². The zero-order valence-corrected chi connectivity index (χ0v) is 12.6. The third kappa shape index (κ3) is 3.25. The molecule has 1 N–H and O–H groups in total. The predicted molar refractivity (Wildman–Crippen MR) is 79.8 cm³/mol. The van der Waals surface area contributed by atoms with Crippen LogP contribution < -0.4 is 4.90 Å². The van der Waals surface area contributed by atoms with Gasteiger partial charge in [-0.25, -0.2) is 4.79 Å². The van der Waals surface area contributed by atoms with E-state index in [1.807, 2.05) is 6.07 Å². The molecule has 0 aromatic heterocycles. The van der Waals surface area contributed by atoms with E-state index in [0.717, 1.165) is 0 Å². The molecule has 110 valence electrons. The van der Waals surface area contributed by atoms with Gasteiger partial charge >= 0.3 is 5.97 Å². The molecule has 4 nitrogen and oxygen atoms in total. The monoisotopic (exact) mass is 297 g/mol. The average molecular weight is 298 g/mol. The zero-order chi connectivity index (χ0) is 14.7. The number of carboxylic acid groups (broad SMARTS) is 1. The summed E-state index contributed by atoms with van der Waals surface area (Å²) in [4.78, 5) is 13.6. The standard InChI is InChI=1S/C15H20ClNO3/c1-10(11-6-7-11)17(8-9-20-2)13-5-3-4-12(16)14(13)15(18)19/h3-5,10-11H,6-9H2,1-2H3,(H,18,19). The summed E-state index contributed by atoms with van der Waals surface area (Å²) in [5, 5.41) is 9.69. The normalized spacial score (nSPS) is 15.9. The van der Waals surface area contributed by atoms with E-state index in [-0.39, 0.29) is 10.6 Å². The molecular formula is C15H20ClNO3. The van der Waals surface area contributed by atoms with Crippen LogP contribution in [0, 0.1) is 5.92 Å². The van der Waals surface area contributed by atoms with E-state index < -0.39 is 5.97 Å². The van der Waals surface area contributed by atoms with Crippen LogP contribution in [0.25, 0.3) is 0 Å². The minimum Gasteiger partial charge on any atom is -0.478 e. The minimum absolute atomic E-state index is 0.178. The summed E-state index contributed by atoms with van der Waals surface area (Å²) in [5.41, 5.74) is 0.860. The van der Waals surface area contributed by atoms with Crippen molar-refractivity contribution < 1.29 is 14.6 Å². The molecule has 1 aromatic rings. The number of hydrogen-bond acceptors (Lipinski definition) is 3. The van der Waals surface area contributed by atoms with Gasteiger partial charge in [0.1, 0.15) is 5.56 Å². The Balaban J connectivity index is 2.36. The summed E-state index contributed by atoms with van der Waals surface area (Å²) in [6.45, 7) is 3.36. The molecule has 0 amide bonds. The second-order valence-electron chi connectivity index (χ2n) is 5.20. The number of halogens is 1. The highest BCUT2D eigenvalue weighted by atomic mass is 35.5. The molecule has 1 saturated carbocycles. The SMILES string of the molecule is COCCN(c1cccc(Cl)c1C(=O)O)C(C)C1CC1. The fraction of sp³-hybridized carbons (Fsp3) is 0.533. The lowest BCUT2D eigenvalue weighted by Crippen LogP contribution is -2.38. The molecule has 0 bridgehead atoms. The van der Waals surface area contributed by atoms with Gasteiger partial charge < -0.3 is 14.7 Å². The number of anilines is 1. The van der Waals surface area contributed by atoms with E-state index in [9.17, 15) is 9.90 Å². The highest BCUT2D eigenvalue weighted by Crippen LogP contribution is 2.38. The van der Waals surface area contributed by atoms with Crippen LogP contribution in [0.3, 0.4) is 0 Å². The average Bonchev–Trinajstić information content (AvgIpc) is 3.22. The van der Waals surface area contributed by atoms with Crippen LogP contribution in [-0.4, -0.2) is 37.4 Å². The Labute approximate surface area is 124 Å². The third-order valence-corrected chi connectivity index (χ3v) is 4.16. The molecular weight excluding hydrogens is 278 g/mol. The Morgan fingerprint density at radius 3 is 2.80 bits per heavy atom. The highest BCUT2D eigenvalue weighted by molar-refractivity contribution is 6.34. The summed E-state index contributed by atoms with van der Waals surface area (Å²) >= 11 is 6.06. The summed E-state index contributed by atoms with van der Waals surface area (Å²) in [5.74, 6) is -0.358. The van der Waals surface area contributed by atoms with Crippen molar-refractivity contribution in [2.24, 2.45) is 5.92 Å². The zero-order valence-electron chi connectivity index (χ0n) is 11.8. The molecule has 20 heavy (non-hydrogen) atoms. The number of methoxy groups -OCH3 is 1. The molecule has 1 aliphatic carbocycles. The van der Waals surface area contributed by atoms with Gasteiger partial charge in [-0.3, -0.25) is 0 Å². The number of hydrogen-bond donors (Lipinski definition) is 1. The molecule has 1 aliphatic rings. The Morgan fingerprint density at radius 2 is 2.25 bits per heavy atom. The molecule has 0 radical (unpaired) electrons. The number of benzene rings is 1. The van der Waals surface area contributed by atoms with Crippen LogP contribution in [0.2, 0.25) is 5.02 Å². The van der Waals surface area contributed by atoms with Crippen LogP contribution in [0.5, 0.6) is 0 Å². The quantitative estimate of drug-likeness (QED) is 0.839. The Hall–Kier alpha value is -1.26. The number of aromatic carboxylic acids is 1. The largest absolute Gasteiger partial charge is 0.478 e. The second-order valence-corrected chi connectivity index (χ2v) is 5.61. The molecule has 1 atom stereocenters. The number of carbonyl (C=O) groups is 1. The van der Waals surface area contributed by atoms with Gasteiger partial charge in [0.25, 0.3) is 0 Å². The van der Waals surface area contributed by atoms with Crippen molar-refractivity contribution in [3.63, 3.8) is 0 Å². The first kappa shape index (κ1) is 15.1. The van der Waals surface area contributed by atoms with Crippen molar-refractivity contribution in [1.82, 2.24) is 0 Å². The Bertz CT molecular complexity index is 488. The predicted octanol–water partition coefficient (Wildman–Crippen LogP) is 3.29. The molecule has 1 fully saturated rings. The van der Waals surface area contributed by atoms with E-state index in [1.54, 1.807) is 19.2 Å². The number of rotatable bonds is 7. The van der Waals surface area contributed by atoms with Gasteiger partial charge in [-0.2, -0.15) is 0 Å². The van der Waals surface area contributed by atoms with Gasteiger partial charge in [0.05, 0.1) is 17.3 Å². The van der Waals surface area contributed by atoms with Crippen molar-refractivity contribution in [1.29, 1.82) is 0 Å². The molecule has 1 unspecified atom stereocenters. The number of carboxylic acids is 1. The van der Waals surface area contributed by atoms with Crippen LogP contribution in [-0.2, 0) is 4.74 Å². The molecule has 2 rings (SSSR count). The van der Waals surface area contributed by atoms with Gasteiger partial charge in [0, 0.05) is 19.7 Å². The van der Waals surface area contributed by atoms with Crippen LogP contribution in [0.1, 0.15) is 30.1 Å². The Kier molecular flexibility index (Phi) is 4.89. The first-order valence-electron chi connectivity index (χ1n) is 6.83. The lowest BCUT2D eigenvalue weighted by Gasteiger charge is -2.32. The fourth-order valence-corrected chi connectivity index (χ4v) is 2.78. The maximum absolute atomic E-state index is 11.5. The van der Waals surface area contributed by atoms with Gasteiger partial charge in [-0.1, -0.05) is 17.7 Å². The van der Waals surface area contributed by atoms with E-state index in [1.165, 1.54) is 12.8 Å². The molecule has 0 aliphatic heterocycles.